The minimum absolute atomic E-state index is 0.0642. The number of carbonyl (C=O) groups is 1. The number of nitrogens with zero attached hydrogens (tertiary/aromatic N) is 2. The zero-order valence-corrected chi connectivity index (χ0v) is 14.5. The SMILES string of the molecule is Cc1cc(CNC(=O)N2CCCCCC2c2ccncc2)ccc1F. The molecule has 0 bridgehead atoms. The lowest BCUT2D eigenvalue weighted by Gasteiger charge is -2.30. The van der Waals surface area contributed by atoms with Crippen molar-refractivity contribution in [3.8, 4) is 0 Å². The molecule has 1 atom stereocenters. The highest BCUT2D eigenvalue weighted by Crippen LogP contribution is 2.29. The van der Waals surface area contributed by atoms with Gasteiger partial charge in [0.1, 0.15) is 5.82 Å². The van der Waals surface area contributed by atoms with Gasteiger partial charge in [-0.15, -0.1) is 0 Å². The number of urea groups is 1. The summed E-state index contributed by atoms with van der Waals surface area (Å²) in [5, 5.41) is 2.99. The van der Waals surface area contributed by atoms with E-state index in [0.717, 1.165) is 43.4 Å². The summed E-state index contributed by atoms with van der Waals surface area (Å²) in [6, 6.07) is 8.93. The summed E-state index contributed by atoms with van der Waals surface area (Å²) in [6.45, 7) is 2.88. The predicted molar refractivity (Wildman–Crippen MR) is 95.5 cm³/mol. The Labute approximate surface area is 148 Å². The maximum absolute atomic E-state index is 13.4. The lowest BCUT2D eigenvalue weighted by molar-refractivity contribution is 0.175. The third kappa shape index (κ3) is 4.35. The standard InChI is InChI=1S/C20H24FN3O/c1-15-13-16(6-7-18(15)21)14-23-20(25)24-12-4-2-3-5-19(24)17-8-10-22-11-9-17/h6-11,13,19H,2-5,12,14H2,1H3,(H,23,25). The van der Waals surface area contributed by atoms with E-state index >= 15 is 0 Å². The number of halogens is 1. The van der Waals surface area contributed by atoms with Gasteiger partial charge in [-0.3, -0.25) is 4.98 Å². The molecule has 1 aliphatic heterocycles. The Morgan fingerprint density at radius 2 is 2.04 bits per heavy atom. The topological polar surface area (TPSA) is 45.2 Å². The van der Waals surface area contributed by atoms with E-state index in [-0.39, 0.29) is 17.9 Å². The molecule has 0 saturated carbocycles. The van der Waals surface area contributed by atoms with Crippen LogP contribution in [0.3, 0.4) is 0 Å². The Bertz CT molecular complexity index is 720. The molecule has 0 aliphatic carbocycles. The Hall–Kier alpha value is -2.43. The van der Waals surface area contributed by atoms with Crippen molar-refractivity contribution in [3.05, 3.63) is 65.2 Å². The average Bonchev–Trinajstić information content (AvgIpc) is 2.89. The molecule has 1 aromatic heterocycles. The van der Waals surface area contributed by atoms with Crippen molar-refractivity contribution in [2.75, 3.05) is 6.54 Å². The molecule has 5 heteroatoms. The van der Waals surface area contributed by atoms with Crippen LogP contribution in [0.2, 0.25) is 0 Å². The largest absolute Gasteiger partial charge is 0.334 e. The molecule has 2 amide bonds. The fraction of sp³-hybridized carbons (Fsp3) is 0.400. The van der Waals surface area contributed by atoms with Gasteiger partial charge in [-0.1, -0.05) is 25.0 Å². The van der Waals surface area contributed by atoms with Gasteiger partial charge in [0.15, 0.2) is 0 Å². The normalized spacial score (nSPS) is 17.8. The summed E-state index contributed by atoms with van der Waals surface area (Å²) in [4.78, 5) is 18.8. The minimum Gasteiger partial charge on any atom is -0.334 e. The van der Waals surface area contributed by atoms with Gasteiger partial charge in [-0.05, 0) is 54.7 Å². The molecule has 0 spiro atoms. The lowest BCUT2D eigenvalue weighted by atomic mass is 10.0. The van der Waals surface area contributed by atoms with E-state index in [9.17, 15) is 9.18 Å². The molecular weight excluding hydrogens is 317 g/mol. The van der Waals surface area contributed by atoms with Crippen LogP contribution in [0.25, 0.3) is 0 Å². The Morgan fingerprint density at radius 3 is 2.80 bits per heavy atom. The van der Waals surface area contributed by atoms with E-state index in [4.69, 9.17) is 0 Å². The molecule has 1 aromatic carbocycles. The van der Waals surface area contributed by atoms with E-state index in [2.05, 4.69) is 10.3 Å². The van der Waals surface area contributed by atoms with Gasteiger partial charge in [0.25, 0.3) is 0 Å². The molecule has 1 N–H and O–H groups in total. The number of nitrogens with one attached hydrogen (secondary N) is 1. The van der Waals surface area contributed by atoms with Crippen molar-refractivity contribution in [2.24, 2.45) is 0 Å². The summed E-state index contributed by atoms with van der Waals surface area (Å²) < 4.78 is 13.4. The summed E-state index contributed by atoms with van der Waals surface area (Å²) >= 11 is 0. The molecular formula is C20H24FN3O. The van der Waals surface area contributed by atoms with Gasteiger partial charge in [0, 0.05) is 25.5 Å². The fourth-order valence-electron chi connectivity index (χ4n) is 3.38. The van der Waals surface area contributed by atoms with E-state index in [0.29, 0.717) is 12.1 Å². The van der Waals surface area contributed by atoms with Crippen molar-refractivity contribution in [1.29, 1.82) is 0 Å². The fourth-order valence-corrected chi connectivity index (χ4v) is 3.38. The number of carbonyl (C=O) groups excluding carboxylic acids is 1. The van der Waals surface area contributed by atoms with E-state index in [1.807, 2.05) is 17.0 Å². The zero-order chi connectivity index (χ0) is 17.6. The number of rotatable bonds is 3. The van der Waals surface area contributed by atoms with Crippen molar-refractivity contribution in [3.63, 3.8) is 0 Å². The Balaban J connectivity index is 1.70. The highest BCUT2D eigenvalue weighted by molar-refractivity contribution is 5.74. The maximum Gasteiger partial charge on any atom is 0.318 e. The summed E-state index contributed by atoms with van der Waals surface area (Å²) in [7, 11) is 0. The molecule has 1 unspecified atom stereocenters. The number of amides is 2. The van der Waals surface area contributed by atoms with Gasteiger partial charge in [-0.25, -0.2) is 9.18 Å². The van der Waals surface area contributed by atoms with Crippen LogP contribution in [-0.4, -0.2) is 22.5 Å². The first kappa shape index (κ1) is 17.4. The summed E-state index contributed by atoms with van der Waals surface area (Å²) in [5.74, 6) is -0.222. The molecule has 2 heterocycles. The van der Waals surface area contributed by atoms with Gasteiger partial charge in [0.05, 0.1) is 6.04 Å². The van der Waals surface area contributed by atoms with Gasteiger partial charge in [-0.2, -0.15) is 0 Å². The molecule has 2 aromatic rings. The second-order valence-corrected chi connectivity index (χ2v) is 6.58. The first-order chi connectivity index (χ1) is 12.1. The third-order valence-corrected chi connectivity index (χ3v) is 4.77. The van der Waals surface area contributed by atoms with E-state index < -0.39 is 0 Å². The van der Waals surface area contributed by atoms with Crippen molar-refractivity contribution >= 4 is 6.03 Å². The molecule has 1 aliphatic rings. The van der Waals surface area contributed by atoms with Crippen LogP contribution in [-0.2, 0) is 6.54 Å². The molecule has 25 heavy (non-hydrogen) atoms. The zero-order valence-electron chi connectivity index (χ0n) is 14.5. The van der Waals surface area contributed by atoms with Crippen LogP contribution in [0.1, 0.15) is 48.4 Å². The van der Waals surface area contributed by atoms with Crippen LogP contribution < -0.4 is 5.32 Å². The maximum atomic E-state index is 13.4. The number of pyridine rings is 1. The molecule has 4 nitrogen and oxygen atoms in total. The Kier molecular flexibility index (Phi) is 5.64. The first-order valence-corrected chi connectivity index (χ1v) is 8.84. The molecule has 1 saturated heterocycles. The highest BCUT2D eigenvalue weighted by atomic mass is 19.1. The van der Waals surface area contributed by atoms with Crippen molar-refractivity contribution < 1.29 is 9.18 Å². The Morgan fingerprint density at radius 1 is 1.24 bits per heavy atom. The molecule has 132 valence electrons. The van der Waals surface area contributed by atoms with Crippen LogP contribution in [0.4, 0.5) is 9.18 Å². The van der Waals surface area contributed by atoms with Gasteiger partial charge < -0.3 is 10.2 Å². The van der Waals surface area contributed by atoms with Crippen LogP contribution >= 0.6 is 0 Å². The van der Waals surface area contributed by atoms with Crippen LogP contribution in [0.15, 0.2) is 42.7 Å². The number of aromatic nitrogens is 1. The second kappa shape index (κ2) is 8.10. The lowest BCUT2D eigenvalue weighted by Crippen LogP contribution is -2.41. The smallest absolute Gasteiger partial charge is 0.318 e. The monoisotopic (exact) mass is 341 g/mol. The summed E-state index contributed by atoms with van der Waals surface area (Å²) in [6.07, 6.45) is 7.80. The van der Waals surface area contributed by atoms with Gasteiger partial charge >= 0.3 is 6.03 Å². The number of hydrogen-bond donors (Lipinski definition) is 1. The number of hydrogen-bond acceptors (Lipinski definition) is 2. The van der Waals surface area contributed by atoms with Crippen LogP contribution in [0.5, 0.6) is 0 Å². The quantitative estimate of drug-likeness (QED) is 0.902. The van der Waals surface area contributed by atoms with E-state index in [1.54, 1.807) is 31.5 Å². The molecule has 0 radical (unpaired) electrons. The van der Waals surface area contributed by atoms with Crippen molar-refractivity contribution in [1.82, 2.24) is 15.2 Å². The average molecular weight is 341 g/mol. The third-order valence-electron chi connectivity index (χ3n) is 4.77. The number of likely N-dealkylation sites (tertiary alicyclic amines) is 1. The number of benzene rings is 1. The highest BCUT2D eigenvalue weighted by Gasteiger charge is 2.26. The second-order valence-electron chi connectivity index (χ2n) is 6.58. The minimum atomic E-state index is -0.222. The first-order valence-electron chi connectivity index (χ1n) is 8.84. The summed E-state index contributed by atoms with van der Waals surface area (Å²) in [5.41, 5.74) is 2.63. The van der Waals surface area contributed by atoms with Crippen LogP contribution in [0, 0.1) is 12.7 Å². The van der Waals surface area contributed by atoms with E-state index in [1.165, 1.54) is 6.07 Å². The molecule has 1 fully saturated rings. The molecule has 3 rings (SSSR count). The predicted octanol–water partition coefficient (Wildman–Crippen LogP) is 4.36. The number of aryl methyl sites for hydroxylation is 1. The van der Waals surface area contributed by atoms with Crippen molar-refractivity contribution in [2.45, 2.75) is 45.2 Å². The van der Waals surface area contributed by atoms with Gasteiger partial charge in [0.2, 0.25) is 0 Å².